The van der Waals surface area contributed by atoms with Crippen molar-refractivity contribution in [2.75, 3.05) is 33.4 Å². The number of nitrogens with one attached hydrogen (secondary N) is 1. The van der Waals surface area contributed by atoms with Crippen molar-refractivity contribution >= 4 is 5.91 Å². The lowest BCUT2D eigenvalue weighted by molar-refractivity contribution is -0.180. The van der Waals surface area contributed by atoms with Gasteiger partial charge in [-0.2, -0.15) is 13.2 Å². The molecule has 1 N–H and O–H groups in total. The number of amides is 1. The van der Waals surface area contributed by atoms with Gasteiger partial charge in [0.15, 0.2) is 0 Å². The van der Waals surface area contributed by atoms with E-state index in [4.69, 9.17) is 4.74 Å². The predicted octanol–water partition coefficient (Wildman–Crippen LogP) is 1.41. The third-order valence-corrected chi connectivity index (χ3v) is 4.18. The molecule has 2 fully saturated rings. The number of hydrogen-bond donors (Lipinski definition) is 1. The number of hydrogen-bond acceptors (Lipinski definition) is 3. The number of piperidine rings is 1. The smallest absolute Gasteiger partial charge is 0.384 e. The van der Waals surface area contributed by atoms with Gasteiger partial charge >= 0.3 is 6.18 Å². The molecular formula is C13H21F3N2O2. The molecule has 0 aromatic rings. The topological polar surface area (TPSA) is 41.6 Å². The van der Waals surface area contributed by atoms with Crippen LogP contribution in [-0.2, 0) is 9.53 Å². The standard InChI is InChI=1S/C13H21F3N2O2/c1-20-8-9-4-5-18(7-9)12(19)11-3-2-10(6-17-11)13(14,15)16/h9-11,17H,2-8H2,1H3. The summed E-state index contributed by atoms with van der Waals surface area (Å²) < 4.78 is 42.7. The Morgan fingerprint density at radius 3 is 2.65 bits per heavy atom. The second kappa shape index (κ2) is 6.30. The monoisotopic (exact) mass is 294 g/mol. The number of ether oxygens (including phenoxy) is 1. The number of rotatable bonds is 3. The minimum Gasteiger partial charge on any atom is -0.384 e. The predicted molar refractivity (Wildman–Crippen MR) is 67.1 cm³/mol. The summed E-state index contributed by atoms with van der Waals surface area (Å²) in [5, 5.41) is 2.76. The summed E-state index contributed by atoms with van der Waals surface area (Å²) in [5.74, 6) is -1.05. The van der Waals surface area contributed by atoms with Gasteiger partial charge in [-0.25, -0.2) is 0 Å². The van der Waals surface area contributed by atoms with E-state index >= 15 is 0 Å². The highest BCUT2D eigenvalue weighted by Crippen LogP contribution is 2.32. The zero-order valence-electron chi connectivity index (χ0n) is 11.6. The highest BCUT2D eigenvalue weighted by atomic mass is 19.4. The Balaban J connectivity index is 1.81. The van der Waals surface area contributed by atoms with Gasteiger partial charge in [-0.05, 0) is 19.3 Å². The van der Waals surface area contributed by atoms with Crippen LogP contribution in [0, 0.1) is 11.8 Å². The van der Waals surface area contributed by atoms with E-state index in [1.807, 2.05) is 0 Å². The van der Waals surface area contributed by atoms with E-state index < -0.39 is 18.1 Å². The van der Waals surface area contributed by atoms with Crippen molar-refractivity contribution in [1.29, 1.82) is 0 Å². The lowest BCUT2D eigenvalue weighted by Gasteiger charge is -2.32. The molecule has 2 rings (SSSR count). The van der Waals surface area contributed by atoms with Gasteiger partial charge in [0.25, 0.3) is 0 Å². The fourth-order valence-corrected chi connectivity index (χ4v) is 2.97. The molecule has 0 aliphatic carbocycles. The Morgan fingerprint density at radius 1 is 1.35 bits per heavy atom. The van der Waals surface area contributed by atoms with Crippen molar-refractivity contribution in [3.8, 4) is 0 Å². The molecule has 0 aromatic heterocycles. The minimum absolute atomic E-state index is 0.0300. The molecule has 116 valence electrons. The Kier molecular flexibility index (Phi) is 4.90. The van der Waals surface area contributed by atoms with Crippen LogP contribution in [0.15, 0.2) is 0 Å². The molecule has 2 saturated heterocycles. The minimum atomic E-state index is -4.17. The molecule has 0 aromatic carbocycles. The first-order valence-corrected chi connectivity index (χ1v) is 6.99. The molecule has 0 radical (unpaired) electrons. The summed E-state index contributed by atoms with van der Waals surface area (Å²) in [6, 6.07) is -0.463. The number of halogens is 3. The largest absolute Gasteiger partial charge is 0.393 e. The molecule has 20 heavy (non-hydrogen) atoms. The molecule has 0 spiro atoms. The van der Waals surface area contributed by atoms with Gasteiger partial charge in [0.05, 0.1) is 18.6 Å². The molecular weight excluding hydrogens is 273 g/mol. The van der Waals surface area contributed by atoms with Crippen molar-refractivity contribution in [1.82, 2.24) is 10.2 Å². The molecule has 0 bridgehead atoms. The maximum atomic E-state index is 12.6. The van der Waals surface area contributed by atoms with Crippen LogP contribution in [0.25, 0.3) is 0 Å². The average Bonchev–Trinajstić information content (AvgIpc) is 2.86. The number of likely N-dealkylation sites (tertiary alicyclic amines) is 1. The maximum absolute atomic E-state index is 12.6. The summed E-state index contributed by atoms with van der Waals surface area (Å²) in [4.78, 5) is 14.0. The van der Waals surface area contributed by atoms with Crippen molar-refractivity contribution < 1.29 is 22.7 Å². The lowest BCUT2D eigenvalue weighted by Crippen LogP contribution is -2.52. The van der Waals surface area contributed by atoms with Crippen molar-refractivity contribution in [3.63, 3.8) is 0 Å². The fourth-order valence-electron chi connectivity index (χ4n) is 2.97. The molecule has 3 atom stereocenters. The average molecular weight is 294 g/mol. The van der Waals surface area contributed by atoms with Crippen LogP contribution in [-0.4, -0.2) is 56.4 Å². The zero-order valence-corrected chi connectivity index (χ0v) is 11.6. The molecule has 7 heteroatoms. The van der Waals surface area contributed by atoms with Crippen molar-refractivity contribution in [3.05, 3.63) is 0 Å². The molecule has 3 unspecified atom stereocenters. The van der Waals surface area contributed by atoms with Gasteiger partial charge in [-0.1, -0.05) is 0 Å². The van der Waals surface area contributed by atoms with E-state index in [1.54, 1.807) is 12.0 Å². The van der Waals surface area contributed by atoms with Gasteiger partial charge < -0.3 is 15.0 Å². The van der Waals surface area contributed by atoms with E-state index in [2.05, 4.69) is 5.32 Å². The number of carbonyl (C=O) groups is 1. The Labute approximate surface area is 116 Å². The summed E-state index contributed by atoms with van der Waals surface area (Å²) in [6.45, 7) is 1.79. The van der Waals surface area contributed by atoms with E-state index in [1.165, 1.54) is 0 Å². The summed E-state index contributed by atoms with van der Waals surface area (Å²) in [7, 11) is 1.63. The van der Waals surface area contributed by atoms with Crippen LogP contribution >= 0.6 is 0 Å². The van der Waals surface area contributed by atoms with Gasteiger partial charge in [0.1, 0.15) is 0 Å². The van der Waals surface area contributed by atoms with Gasteiger partial charge in [-0.15, -0.1) is 0 Å². The first-order chi connectivity index (χ1) is 9.41. The van der Waals surface area contributed by atoms with E-state index in [9.17, 15) is 18.0 Å². The third-order valence-electron chi connectivity index (χ3n) is 4.18. The SMILES string of the molecule is COCC1CCN(C(=O)C2CCC(C(F)(F)F)CN2)C1. The van der Waals surface area contributed by atoms with Crippen LogP contribution in [0.1, 0.15) is 19.3 Å². The first-order valence-electron chi connectivity index (χ1n) is 6.99. The highest BCUT2D eigenvalue weighted by Gasteiger charge is 2.43. The van der Waals surface area contributed by atoms with E-state index in [0.29, 0.717) is 25.6 Å². The first kappa shape index (κ1) is 15.6. The zero-order chi connectivity index (χ0) is 14.8. The molecule has 1 amide bonds. The normalized spacial score (nSPS) is 31.6. The van der Waals surface area contributed by atoms with Crippen LogP contribution in [0.5, 0.6) is 0 Å². The van der Waals surface area contributed by atoms with E-state index in [-0.39, 0.29) is 25.3 Å². The van der Waals surface area contributed by atoms with Gasteiger partial charge in [0.2, 0.25) is 5.91 Å². The molecule has 2 aliphatic heterocycles. The number of nitrogens with zero attached hydrogens (tertiary/aromatic N) is 1. The molecule has 4 nitrogen and oxygen atoms in total. The fraction of sp³-hybridized carbons (Fsp3) is 0.923. The number of alkyl halides is 3. The summed E-state index contributed by atoms with van der Waals surface area (Å²) in [6.07, 6.45) is -2.98. The Hall–Kier alpha value is -0.820. The van der Waals surface area contributed by atoms with Crippen LogP contribution in [0.3, 0.4) is 0 Å². The van der Waals surface area contributed by atoms with Crippen LogP contribution in [0.2, 0.25) is 0 Å². The molecule has 2 heterocycles. The summed E-state index contributed by atoms with van der Waals surface area (Å²) >= 11 is 0. The van der Waals surface area contributed by atoms with Crippen LogP contribution in [0.4, 0.5) is 13.2 Å². The van der Waals surface area contributed by atoms with Crippen molar-refractivity contribution in [2.24, 2.45) is 11.8 Å². The van der Waals surface area contributed by atoms with Crippen LogP contribution < -0.4 is 5.32 Å². The highest BCUT2D eigenvalue weighted by molar-refractivity contribution is 5.82. The third kappa shape index (κ3) is 3.63. The lowest BCUT2D eigenvalue weighted by atomic mass is 9.93. The van der Waals surface area contributed by atoms with E-state index in [0.717, 1.165) is 6.42 Å². The number of carbonyl (C=O) groups excluding carboxylic acids is 1. The van der Waals surface area contributed by atoms with Gasteiger partial charge in [0, 0.05) is 32.7 Å². The molecule has 0 saturated carbocycles. The Morgan fingerprint density at radius 2 is 2.10 bits per heavy atom. The summed E-state index contributed by atoms with van der Waals surface area (Å²) in [5.41, 5.74) is 0. The second-order valence-electron chi connectivity index (χ2n) is 5.67. The second-order valence-corrected chi connectivity index (χ2v) is 5.67. The quantitative estimate of drug-likeness (QED) is 0.856. The Bertz CT molecular complexity index is 341. The van der Waals surface area contributed by atoms with Crippen molar-refractivity contribution in [2.45, 2.75) is 31.5 Å². The van der Waals surface area contributed by atoms with Gasteiger partial charge in [-0.3, -0.25) is 4.79 Å². The molecule has 2 aliphatic rings. The maximum Gasteiger partial charge on any atom is 0.393 e. The number of methoxy groups -OCH3 is 1.